The van der Waals surface area contributed by atoms with E-state index < -0.39 is 29.3 Å². The number of carbonyl (C=O) groups excluding carboxylic acids is 3. The highest BCUT2D eigenvalue weighted by Crippen LogP contribution is 2.24. The minimum Gasteiger partial charge on any atom is -0.277 e. The maximum absolute atomic E-state index is 11.8. The molecule has 0 aromatic rings. The fraction of sp³-hybridized carbons (Fsp3) is 0.500. The number of rotatable bonds is 1. The molecule has 1 aliphatic heterocycles. The summed E-state index contributed by atoms with van der Waals surface area (Å²) in [4.78, 5) is 35.5. The summed E-state index contributed by atoms with van der Waals surface area (Å²) in [6.07, 6.45) is 5.14. The Hall–Kier alpha value is -1.83. The Balaban J connectivity index is 3.11. The van der Waals surface area contributed by atoms with E-state index in [2.05, 4.69) is 11.2 Å². The van der Waals surface area contributed by atoms with Gasteiger partial charge in [-0.1, -0.05) is 5.92 Å². The zero-order valence-electron chi connectivity index (χ0n) is 8.83. The van der Waals surface area contributed by atoms with E-state index in [4.69, 9.17) is 6.42 Å². The predicted octanol–water partition coefficient (Wildman–Crippen LogP) is 0.113. The smallest absolute Gasteiger partial charge is 0.277 e. The van der Waals surface area contributed by atoms with E-state index >= 15 is 0 Å². The second-order valence-corrected chi connectivity index (χ2v) is 3.90. The number of barbiturate groups is 1. The first kappa shape index (κ1) is 11.2. The van der Waals surface area contributed by atoms with E-state index in [1.807, 2.05) is 0 Å². The third-order valence-electron chi connectivity index (χ3n) is 2.39. The molecule has 0 radical (unpaired) electrons. The fourth-order valence-corrected chi connectivity index (χ4v) is 1.23. The molecular formula is C10H12N2O3. The standard InChI is InChI=1S/C10H12N2O3/c1-5-6(2)12-8(14)10(3,4)7(13)11-9(12)15/h1,6H,2-4H3,(H,11,13,15). The predicted molar refractivity (Wildman–Crippen MR) is 52.5 cm³/mol. The first-order chi connectivity index (χ1) is 6.82. The van der Waals surface area contributed by atoms with Crippen LogP contribution in [-0.2, 0) is 9.59 Å². The number of nitrogens with zero attached hydrogens (tertiary/aromatic N) is 1. The Bertz CT molecular complexity index is 379. The van der Waals surface area contributed by atoms with Crippen molar-refractivity contribution in [1.29, 1.82) is 0 Å². The Morgan fingerprint density at radius 3 is 2.40 bits per heavy atom. The lowest BCUT2D eigenvalue weighted by Gasteiger charge is -2.36. The number of urea groups is 1. The molecule has 1 saturated heterocycles. The molecule has 0 aromatic carbocycles. The number of terminal acetylenes is 1. The van der Waals surface area contributed by atoms with Crippen LogP contribution in [0.25, 0.3) is 0 Å². The normalized spacial score (nSPS) is 22.0. The summed E-state index contributed by atoms with van der Waals surface area (Å²) in [5, 5.41) is 2.10. The molecule has 80 valence electrons. The number of imide groups is 2. The summed E-state index contributed by atoms with van der Waals surface area (Å²) in [6.45, 7) is 4.45. The van der Waals surface area contributed by atoms with Crippen LogP contribution in [0.2, 0.25) is 0 Å². The van der Waals surface area contributed by atoms with Crippen LogP contribution in [0.4, 0.5) is 4.79 Å². The van der Waals surface area contributed by atoms with Crippen molar-refractivity contribution in [2.45, 2.75) is 26.8 Å². The number of carbonyl (C=O) groups is 3. The van der Waals surface area contributed by atoms with Crippen molar-refractivity contribution < 1.29 is 14.4 Å². The quantitative estimate of drug-likeness (QED) is 0.491. The van der Waals surface area contributed by atoms with Crippen molar-refractivity contribution >= 4 is 17.8 Å². The molecule has 1 unspecified atom stereocenters. The molecule has 1 fully saturated rings. The minimum atomic E-state index is -1.25. The van der Waals surface area contributed by atoms with Gasteiger partial charge in [-0.05, 0) is 20.8 Å². The Morgan fingerprint density at radius 1 is 1.40 bits per heavy atom. The van der Waals surface area contributed by atoms with Gasteiger partial charge in [-0.15, -0.1) is 6.42 Å². The van der Waals surface area contributed by atoms with Crippen molar-refractivity contribution in [1.82, 2.24) is 10.2 Å². The van der Waals surface area contributed by atoms with E-state index in [1.54, 1.807) is 6.92 Å². The molecule has 5 nitrogen and oxygen atoms in total. The van der Waals surface area contributed by atoms with Gasteiger partial charge in [-0.2, -0.15) is 0 Å². The minimum absolute atomic E-state index is 0.568. The van der Waals surface area contributed by atoms with Crippen LogP contribution in [0.15, 0.2) is 0 Å². The van der Waals surface area contributed by atoms with Gasteiger partial charge in [0.05, 0.1) is 6.04 Å². The molecule has 0 spiro atoms. The van der Waals surface area contributed by atoms with Crippen LogP contribution in [0.5, 0.6) is 0 Å². The van der Waals surface area contributed by atoms with E-state index in [-0.39, 0.29) is 0 Å². The number of amides is 4. The van der Waals surface area contributed by atoms with E-state index in [0.29, 0.717) is 0 Å². The number of hydrogen-bond donors (Lipinski definition) is 1. The maximum atomic E-state index is 11.8. The zero-order chi connectivity index (χ0) is 11.8. The molecular weight excluding hydrogens is 196 g/mol. The van der Waals surface area contributed by atoms with Gasteiger partial charge in [-0.25, -0.2) is 9.69 Å². The summed E-state index contributed by atoms with van der Waals surface area (Å²) in [5.74, 6) is 1.11. The van der Waals surface area contributed by atoms with Crippen LogP contribution in [0.3, 0.4) is 0 Å². The molecule has 0 bridgehead atoms. The zero-order valence-corrected chi connectivity index (χ0v) is 8.83. The lowest BCUT2D eigenvalue weighted by atomic mass is 9.88. The van der Waals surface area contributed by atoms with Gasteiger partial charge in [0.1, 0.15) is 5.41 Å². The van der Waals surface area contributed by atoms with E-state index in [1.165, 1.54) is 13.8 Å². The second-order valence-electron chi connectivity index (χ2n) is 3.90. The van der Waals surface area contributed by atoms with Gasteiger partial charge in [0, 0.05) is 0 Å². The average molecular weight is 208 g/mol. The van der Waals surface area contributed by atoms with Crippen LogP contribution in [0.1, 0.15) is 20.8 Å². The average Bonchev–Trinajstić information content (AvgIpc) is 2.15. The third-order valence-corrected chi connectivity index (χ3v) is 2.39. The summed E-state index contributed by atoms with van der Waals surface area (Å²) in [6, 6.07) is -1.42. The van der Waals surface area contributed by atoms with Gasteiger partial charge in [-0.3, -0.25) is 14.9 Å². The lowest BCUT2D eigenvalue weighted by molar-refractivity contribution is -0.149. The summed E-state index contributed by atoms with van der Waals surface area (Å²) < 4.78 is 0. The second kappa shape index (κ2) is 3.39. The first-order valence-electron chi connectivity index (χ1n) is 4.47. The molecule has 1 N–H and O–H groups in total. The first-order valence-corrected chi connectivity index (χ1v) is 4.47. The fourth-order valence-electron chi connectivity index (χ4n) is 1.23. The molecule has 0 aliphatic carbocycles. The molecule has 1 heterocycles. The number of nitrogens with one attached hydrogen (secondary N) is 1. The topological polar surface area (TPSA) is 66.5 Å². The van der Waals surface area contributed by atoms with Crippen LogP contribution in [0, 0.1) is 17.8 Å². The van der Waals surface area contributed by atoms with Gasteiger partial charge in [0.2, 0.25) is 11.8 Å². The summed E-state index contributed by atoms with van der Waals surface area (Å²) in [5.41, 5.74) is -1.25. The van der Waals surface area contributed by atoms with Gasteiger partial charge < -0.3 is 0 Å². The summed E-state index contributed by atoms with van der Waals surface area (Å²) in [7, 11) is 0. The maximum Gasteiger partial charge on any atom is 0.331 e. The summed E-state index contributed by atoms with van der Waals surface area (Å²) >= 11 is 0. The van der Waals surface area contributed by atoms with Crippen molar-refractivity contribution in [3.63, 3.8) is 0 Å². The molecule has 1 aliphatic rings. The Morgan fingerprint density at radius 2 is 1.93 bits per heavy atom. The molecule has 4 amide bonds. The van der Waals surface area contributed by atoms with Crippen molar-refractivity contribution in [2.75, 3.05) is 0 Å². The highest BCUT2D eigenvalue weighted by atomic mass is 16.2. The highest BCUT2D eigenvalue weighted by Gasteiger charge is 2.48. The lowest BCUT2D eigenvalue weighted by Crippen LogP contribution is -2.63. The largest absolute Gasteiger partial charge is 0.331 e. The van der Waals surface area contributed by atoms with E-state index in [9.17, 15) is 14.4 Å². The van der Waals surface area contributed by atoms with Crippen molar-refractivity contribution in [3.8, 4) is 12.3 Å². The van der Waals surface area contributed by atoms with Gasteiger partial charge >= 0.3 is 6.03 Å². The van der Waals surface area contributed by atoms with Crippen LogP contribution < -0.4 is 5.32 Å². The van der Waals surface area contributed by atoms with Crippen molar-refractivity contribution in [3.05, 3.63) is 0 Å². The van der Waals surface area contributed by atoms with Crippen LogP contribution in [-0.4, -0.2) is 28.8 Å². The molecule has 1 rings (SSSR count). The Kier molecular flexibility index (Phi) is 2.54. The molecule has 1 atom stereocenters. The van der Waals surface area contributed by atoms with Crippen LogP contribution >= 0.6 is 0 Å². The molecule has 0 aromatic heterocycles. The van der Waals surface area contributed by atoms with Gasteiger partial charge in [0.25, 0.3) is 0 Å². The highest BCUT2D eigenvalue weighted by molar-refractivity contribution is 6.18. The SMILES string of the molecule is C#CC(C)N1C(=O)NC(=O)C(C)(C)C1=O. The third kappa shape index (κ3) is 1.59. The molecule has 0 saturated carbocycles. The molecule has 5 heteroatoms. The van der Waals surface area contributed by atoms with Gasteiger partial charge in [0.15, 0.2) is 0 Å². The molecule has 15 heavy (non-hydrogen) atoms. The monoisotopic (exact) mass is 208 g/mol. The van der Waals surface area contributed by atoms with E-state index in [0.717, 1.165) is 4.90 Å². The Labute approximate surface area is 87.8 Å². The van der Waals surface area contributed by atoms with Crippen molar-refractivity contribution in [2.24, 2.45) is 5.41 Å². The number of hydrogen-bond acceptors (Lipinski definition) is 3.